The molecule has 15 heavy (non-hydrogen) atoms. The summed E-state index contributed by atoms with van der Waals surface area (Å²) in [6, 6.07) is 2.04. The molecule has 0 aliphatic heterocycles. The number of rotatable bonds is 3. The Bertz CT molecular complexity index is 466. The monoisotopic (exact) mass is 367 g/mol. The smallest absolute Gasteiger partial charge is 0.149 e. The summed E-state index contributed by atoms with van der Waals surface area (Å²) >= 11 is 10.2. The van der Waals surface area contributed by atoms with Crippen LogP contribution in [-0.4, -0.2) is 16.7 Å². The van der Waals surface area contributed by atoms with E-state index in [0.29, 0.717) is 6.54 Å². The molecule has 2 aromatic heterocycles. The lowest BCUT2D eigenvalue weighted by molar-refractivity contribution is 0.913. The highest BCUT2D eigenvalue weighted by Gasteiger charge is 2.12. The quantitative estimate of drug-likeness (QED) is 0.904. The molecular formula is C8H7Br2N3S2. The van der Waals surface area contributed by atoms with E-state index in [-0.39, 0.29) is 0 Å². The minimum absolute atomic E-state index is 0.614. The Labute approximate surface area is 112 Å². The second-order valence-corrected chi connectivity index (χ2v) is 7.59. The minimum atomic E-state index is 0.614. The van der Waals surface area contributed by atoms with Gasteiger partial charge in [-0.3, -0.25) is 0 Å². The molecule has 0 saturated carbocycles. The highest BCUT2D eigenvalue weighted by Crippen LogP contribution is 2.39. The second kappa shape index (κ2) is 5.01. The zero-order chi connectivity index (χ0) is 10.8. The van der Waals surface area contributed by atoms with Crippen LogP contribution in [0.4, 0.5) is 0 Å². The van der Waals surface area contributed by atoms with Crippen molar-refractivity contribution < 1.29 is 0 Å². The van der Waals surface area contributed by atoms with E-state index in [2.05, 4.69) is 42.1 Å². The van der Waals surface area contributed by atoms with Gasteiger partial charge in [0.1, 0.15) is 10.0 Å². The van der Waals surface area contributed by atoms with E-state index in [9.17, 15) is 0 Å². The van der Waals surface area contributed by atoms with Crippen LogP contribution in [0.25, 0.3) is 10.6 Å². The first-order valence-corrected chi connectivity index (χ1v) is 7.40. The molecule has 2 heterocycles. The Kier molecular flexibility index (Phi) is 3.89. The fraction of sp³-hybridized carbons (Fsp3) is 0.250. The summed E-state index contributed by atoms with van der Waals surface area (Å²) in [6.45, 7) is 0.614. The molecule has 0 aromatic carbocycles. The molecule has 0 saturated heterocycles. The summed E-state index contributed by atoms with van der Waals surface area (Å²) < 4.78 is 2.16. The molecule has 0 bridgehead atoms. The summed E-state index contributed by atoms with van der Waals surface area (Å²) in [7, 11) is 0. The minimum Gasteiger partial charge on any atom is -0.330 e. The zero-order valence-electron chi connectivity index (χ0n) is 7.54. The first-order chi connectivity index (χ1) is 7.20. The van der Waals surface area contributed by atoms with Crippen molar-refractivity contribution in [2.24, 2.45) is 5.73 Å². The van der Waals surface area contributed by atoms with Crippen LogP contribution in [0.1, 0.15) is 5.01 Å². The molecule has 0 aliphatic rings. The predicted molar refractivity (Wildman–Crippen MR) is 71.4 cm³/mol. The van der Waals surface area contributed by atoms with Crippen LogP contribution in [0.2, 0.25) is 0 Å². The molecule has 0 radical (unpaired) electrons. The molecule has 80 valence electrons. The Balaban J connectivity index is 2.32. The maximum atomic E-state index is 5.47. The zero-order valence-corrected chi connectivity index (χ0v) is 12.3. The van der Waals surface area contributed by atoms with E-state index in [1.807, 2.05) is 6.07 Å². The average Bonchev–Trinajstić information content (AvgIpc) is 2.73. The topological polar surface area (TPSA) is 51.8 Å². The van der Waals surface area contributed by atoms with E-state index >= 15 is 0 Å². The molecule has 0 amide bonds. The third-order valence-corrected chi connectivity index (χ3v) is 5.07. The van der Waals surface area contributed by atoms with Crippen LogP contribution in [0.15, 0.2) is 13.6 Å². The van der Waals surface area contributed by atoms with E-state index in [1.54, 1.807) is 22.7 Å². The average molecular weight is 369 g/mol. The van der Waals surface area contributed by atoms with Crippen molar-refractivity contribution in [2.45, 2.75) is 6.42 Å². The summed E-state index contributed by atoms with van der Waals surface area (Å²) in [6.07, 6.45) is 0.792. The summed E-state index contributed by atoms with van der Waals surface area (Å²) in [4.78, 5) is 0. The van der Waals surface area contributed by atoms with Crippen molar-refractivity contribution >= 4 is 54.5 Å². The van der Waals surface area contributed by atoms with E-state index < -0.39 is 0 Å². The van der Waals surface area contributed by atoms with Crippen molar-refractivity contribution in [3.05, 3.63) is 18.6 Å². The number of hydrogen-bond donors (Lipinski definition) is 1. The van der Waals surface area contributed by atoms with Crippen molar-refractivity contribution in [1.29, 1.82) is 0 Å². The van der Waals surface area contributed by atoms with Crippen molar-refractivity contribution in [3.63, 3.8) is 0 Å². The molecule has 3 nitrogen and oxygen atoms in total. The molecule has 0 spiro atoms. The third kappa shape index (κ3) is 2.65. The number of aromatic nitrogens is 2. The number of hydrogen-bond acceptors (Lipinski definition) is 5. The fourth-order valence-electron chi connectivity index (χ4n) is 1.07. The van der Waals surface area contributed by atoms with Gasteiger partial charge in [0.2, 0.25) is 0 Å². The Morgan fingerprint density at radius 2 is 2.07 bits per heavy atom. The van der Waals surface area contributed by atoms with Crippen molar-refractivity contribution in [1.82, 2.24) is 10.2 Å². The summed E-state index contributed by atoms with van der Waals surface area (Å²) in [5.74, 6) is 0. The van der Waals surface area contributed by atoms with Gasteiger partial charge in [-0.15, -0.1) is 21.5 Å². The van der Waals surface area contributed by atoms with Gasteiger partial charge in [0.05, 0.1) is 7.57 Å². The standard InChI is InChI=1S/C8H7Br2N3S2/c9-5-3-4(7(10)14-5)8-13-12-6(15-8)1-2-11/h3H,1-2,11H2. The summed E-state index contributed by atoms with van der Waals surface area (Å²) in [5, 5.41) is 10.2. The van der Waals surface area contributed by atoms with Gasteiger partial charge in [0, 0.05) is 12.0 Å². The van der Waals surface area contributed by atoms with Crippen molar-refractivity contribution in [2.75, 3.05) is 6.54 Å². The molecule has 2 N–H and O–H groups in total. The maximum absolute atomic E-state index is 5.47. The molecule has 0 atom stereocenters. The number of nitrogens with zero attached hydrogens (tertiary/aromatic N) is 2. The lowest BCUT2D eigenvalue weighted by atomic mass is 10.4. The summed E-state index contributed by atoms with van der Waals surface area (Å²) in [5.41, 5.74) is 6.56. The van der Waals surface area contributed by atoms with Gasteiger partial charge in [0.25, 0.3) is 0 Å². The van der Waals surface area contributed by atoms with Crippen LogP contribution < -0.4 is 5.73 Å². The number of thiophene rings is 1. The Morgan fingerprint density at radius 3 is 2.67 bits per heavy atom. The molecule has 7 heteroatoms. The predicted octanol–water partition coefficient (Wildman–Crippen LogP) is 3.29. The van der Waals surface area contributed by atoms with E-state index in [1.165, 1.54) is 0 Å². The molecule has 0 aliphatic carbocycles. The van der Waals surface area contributed by atoms with Gasteiger partial charge in [-0.05, 0) is 44.5 Å². The van der Waals surface area contributed by atoms with Crippen LogP contribution in [0.3, 0.4) is 0 Å². The third-order valence-electron chi connectivity index (χ3n) is 1.71. The van der Waals surface area contributed by atoms with Crippen LogP contribution >= 0.6 is 54.5 Å². The van der Waals surface area contributed by atoms with E-state index in [0.717, 1.165) is 29.6 Å². The van der Waals surface area contributed by atoms with Crippen molar-refractivity contribution in [3.8, 4) is 10.6 Å². The van der Waals surface area contributed by atoms with Gasteiger partial charge in [-0.2, -0.15) is 0 Å². The first kappa shape index (κ1) is 11.7. The lowest BCUT2D eigenvalue weighted by Crippen LogP contribution is -2.01. The highest BCUT2D eigenvalue weighted by molar-refractivity contribution is 9.12. The molecule has 0 fully saturated rings. The van der Waals surface area contributed by atoms with Gasteiger partial charge in [0.15, 0.2) is 0 Å². The second-order valence-electron chi connectivity index (χ2n) is 2.78. The largest absolute Gasteiger partial charge is 0.330 e. The number of nitrogens with two attached hydrogens (primary N) is 1. The Hall–Kier alpha value is 0.180. The van der Waals surface area contributed by atoms with Crippen LogP contribution in [0.5, 0.6) is 0 Å². The lowest BCUT2D eigenvalue weighted by Gasteiger charge is -1.88. The van der Waals surface area contributed by atoms with Gasteiger partial charge in [-0.1, -0.05) is 11.3 Å². The fourth-order valence-corrected chi connectivity index (χ4v) is 4.95. The van der Waals surface area contributed by atoms with Gasteiger partial charge in [-0.25, -0.2) is 0 Å². The van der Waals surface area contributed by atoms with E-state index in [4.69, 9.17) is 5.73 Å². The molecular weight excluding hydrogens is 362 g/mol. The van der Waals surface area contributed by atoms with Crippen LogP contribution in [-0.2, 0) is 6.42 Å². The maximum Gasteiger partial charge on any atom is 0.149 e. The normalized spacial score (nSPS) is 10.9. The van der Waals surface area contributed by atoms with Gasteiger partial charge < -0.3 is 5.73 Å². The molecule has 2 rings (SSSR count). The first-order valence-electron chi connectivity index (χ1n) is 4.18. The number of halogens is 2. The molecule has 0 unspecified atom stereocenters. The molecule has 2 aromatic rings. The highest BCUT2D eigenvalue weighted by atomic mass is 79.9. The van der Waals surface area contributed by atoms with Gasteiger partial charge >= 0.3 is 0 Å². The van der Waals surface area contributed by atoms with Crippen LogP contribution in [0, 0.1) is 0 Å². The Morgan fingerprint density at radius 1 is 1.27 bits per heavy atom. The SMILES string of the molecule is NCCc1nnc(-c2cc(Br)sc2Br)s1.